The minimum Gasteiger partial charge on any atom is -0.314 e. The van der Waals surface area contributed by atoms with Crippen LogP contribution >= 0.6 is 11.6 Å². The summed E-state index contributed by atoms with van der Waals surface area (Å²) in [6.07, 6.45) is 0. The first kappa shape index (κ1) is 10.9. The summed E-state index contributed by atoms with van der Waals surface area (Å²) in [5.74, 6) is 0. The SMILES string of the molecule is Cc1ccc(Cl)c(C2CNCCN2C)c1. The van der Waals surface area contributed by atoms with Gasteiger partial charge < -0.3 is 5.32 Å². The fraction of sp³-hybridized carbons (Fsp3) is 0.500. The molecule has 0 radical (unpaired) electrons. The van der Waals surface area contributed by atoms with Crippen LogP contribution in [0.1, 0.15) is 17.2 Å². The van der Waals surface area contributed by atoms with Gasteiger partial charge in [0, 0.05) is 30.7 Å². The van der Waals surface area contributed by atoms with Crippen molar-refractivity contribution in [2.24, 2.45) is 0 Å². The largest absolute Gasteiger partial charge is 0.314 e. The first-order chi connectivity index (χ1) is 7.18. The second kappa shape index (κ2) is 4.52. The Morgan fingerprint density at radius 2 is 2.27 bits per heavy atom. The van der Waals surface area contributed by atoms with E-state index in [1.807, 2.05) is 6.07 Å². The predicted molar refractivity (Wildman–Crippen MR) is 64.4 cm³/mol. The van der Waals surface area contributed by atoms with E-state index < -0.39 is 0 Å². The van der Waals surface area contributed by atoms with Gasteiger partial charge >= 0.3 is 0 Å². The summed E-state index contributed by atoms with van der Waals surface area (Å²) in [4.78, 5) is 2.36. The molecule has 1 atom stereocenters. The maximum Gasteiger partial charge on any atom is 0.0485 e. The van der Waals surface area contributed by atoms with Crippen molar-refractivity contribution in [2.45, 2.75) is 13.0 Å². The van der Waals surface area contributed by atoms with Crippen LogP contribution in [0.15, 0.2) is 18.2 Å². The Hall–Kier alpha value is -0.570. The average molecular weight is 225 g/mol. The number of hydrogen-bond donors (Lipinski definition) is 1. The summed E-state index contributed by atoms with van der Waals surface area (Å²) in [6, 6.07) is 6.65. The molecule has 2 nitrogen and oxygen atoms in total. The smallest absolute Gasteiger partial charge is 0.0485 e. The lowest BCUT2D eigenvalue weighted by Crippen LogP contribution is -2.43. The molecule has 82 valence electrons. The van der Waals surface area contributed by atoms with Crippen LogP contribution in [0.2, 0.25) is 5.02 Å². The van der Waals surface area contributed by atoms with Gasteiger partial charge in [-0.3, -0.25) is 4.90 Å². The average Bonchev–Trinajstić information content (AvgIpc) is 2.23. The van der Waals surface area contributed by atoms with Crippen molar-refractivity contribution in [3.8, 4) is 0 Å². The maximum absolute atomic E-state index is 6.24. The summed E-state index contributed by atoms with van der Waals surface area (Å²) >= 11 is 6.24. The van der Waals surface area contributed by atoms with Crippen molar-refractivity contribution in [1.82, 2.24) is 10.2 Å². The third kappa shape index (κ3) is 2.33. The zero-order valence-corrected chi connectivity index (χ0v) is 10.0. The molecular weight excluding hydrogens is 208 g/mol. The molecule has 15 heavy (non-hydrogen) atoms. The molecule has 0 amide bonds. The highest BCUT2D eigenvalue weighted by Crippen LogP contribution is 2.28. The Balaban J connectivity index is 2.30. The molecule has 1 aliphatic rings. The molecule has 2 rings (SSSR count). The highest BCUT2D eigenvalue weighted by atomic mass is 35.5. The molecule has 1 aromatic carbocycles. The number of aryl methyl sites for hydroxylation is 1. The molecule has 0 aliphatic carbocycles. The summed E-state index contributed by atoms with van der Waals surface area (Å²) in [6.45, 7) is 5.24. The molecule has 0 bridgehead atoms. The minimum atomic E-state index is 0.408. The Kier molecular flexibility index (Phi) is 3.29. The number of nitrogens with zero attached hydrogens (tertiary/aromatic N) is 1. The van der Waals surface area contributed by atoms with Crippen LogP contribution in [0, 0.1) is 6.92 Å². The quantitative estimate of drug-likeness (QED) is 0.787. The van der Waals surface area contributed by atoms with Crippen molar-refractivity contribution in [3.63, 3.8) is 0 Å². The van der Waals surface area contributed by atoms with Crippen molar-refractivity contribution in [1.29, 1.82) is 0 Å². The molecular formula is C12H17ClN2. The number of hydrogen-bond acceptors (Lipinski definition) is 2. The normalized spacial score (nSPS) is 23.0. The first-order valence-corrected chi connectivity index (χ1v) is 5.73. The Morgan fingerprint density at radius 1 is 1.47 bits per heavy atom. The molecule has 1 unspecified atom stereocenters. The zero-order valence-electron chi connectivity index (χ0n) is 9.26. The van der Waals surface area contributed by atoms with Gasteiger partial charge in [0.1, 0.15) is 0 Å². The van der Waals surface area contributed by atoms with E-state index in [-0.39, 0.29) is 0 Å². The van der Waals surface area contributed by atoms with E-state index in [4.69, 9.17) is 11.6 Å². The van der Waals surface area contributed by atoms with E-state index in [9.17, 15) is 0 Å². The van der Waals surface area contributed by atoms with Gasteiger partial charge in [0.15, 0.2) is 0 Å². The molecule has 1 saturated heterocycles. The van der Waals surface area contributed by atoms with Crippen molar-refractivity contribution in [3.05, 3.63) is 34.3 Å². The lowest BCUT2D eigenvalue weighted by Gasteiger charge is -2.34. The van der Waals surface area contributed by atoms with E-state index in [0.29, 0.717) is 6.04 Å². The topological polar surface area (TPSA) is 15.3 Å². The van der Waals surface area contributed by atoms with E-state index in [1.165, 1.54) is 11.1 Å². The summed E-state index contributed by atoms with van der Waals surface area (Å²) in [5.41, 5.74) is 2.51. The highest BCUT2D eigenvalue weighted by Gasteiger charge is 2.22. The van der Waals surface area contributed by atoms with E-state index in [1.54, 1.807) is 0 Å². The second-order valence-electron chi connectivity index (χ2n) is 4.23. The summed E-state index contributed by atoms with van der Waals surface area (Å²) in [5, 5.41) is 4.29. The molecule has 1 heterocycles. The van der Waals surface area contributed by atoms with Gasteiger partial charge in [-0.2, -0.15) is 0 Å². The van der Waals surface area contributed by atoms with Gasteiger partial charge in [0.25, 0.3) is 0 Å². The van der Waals surface area contributed by atoms with Crippen LogP contribution in [0.3, 0.4) is 0 Å². The minimum absolute atomic E-state index is 0.408. The summed E-state index contributed by atoms with van der Waals surface area (Å²) < 4.78 is 0. The fourth-order valence-corrected chi connectivity index (χ4v) is 2.32. The van der Waals surface area contributed by atoms with Gasteiger partial charge in [-0.1, -0.05) is 29.3 Å². The molecule has 3 heteroatoms. The Labute approximate surface area is 96.2 Å². The number of halogens is 1. The van der Waals surface area contributed by atoms with Crippen molar-refractivity contribution in [2.75, 3.05) is 26.7 Å². The van der Waals surface area contributed by atoms with Crippen LogP contribution in [-0.4, -0.2) is 31.6 Å². The molecule has 1 aliphatic heterocycles. The van der Waals surface area contributed by atoms with Crippen LogP contribution < -0.4 is 5.32 Å². The molecule has 1 N–H and O–H groups in total. The van der Waals surface area contributed by atoms with Crippen LogP contribution in [0.25, 0.3) is 0 Å². The molecule has 0 aromatic heterocycles. The number of piperazine rings is 1. The molecule has 0 spiro atoms. The monoisotopic (exact) mass is 224 g/mol. The number of nitrogens with one attached hydrogen (secondary N) is 1. The van der Waals surface area contributed by atoms with Gasteiger partial charge in [0.2, 0.25) is 0 Å². The van der Waals surface area contributed by atoms with Gasteiger partial charge in [0.05, 0.1) is 0 Å². The van der Waals surface area contributed by atoms with E-state index in [2.05, 4.69) is 36.3 Å². The van der Waals surface area contributed by atoms with E-state index >= 15 is 0 Å². The predicted octanol–water partition coefficient (Wildman–Crippen LogP) is 2.22. The van der Waals surface area contributed by atoms with Gasteiger partial charge in [-0.15, -0.1) is 0 Å². The lowest BCUT2D eigenvalue weighted by atomic mass is 10.0. The zero-order chi connectivity index (χ0) is 10.8. The van der Waals surface area contributed by atoms with Gasteiger partial charge in [-0.05, 0) is 25.6 Å². The first-order valence-electron chi connectivity index (χ1n) is 5.35. The van der Waals surface area contributed by atoms with E-state index in [0.717, 1.165) is 24.7 Å². The summed E-state index contributed by atoms with van der Waals surface area (Å²) in [7, 11) is 2.16. The number of rotatable bonds is 1. The molecule has 1 aromatic rings. The van der Waals surface area contributed by atoms with Crippen LogP contribution in [0.4, 0.5) is 0 Å². The second-order valence-corrected chi connectivity index (χ2v) is 4.63. The van der Waals surface area contributed by atoms with Crippen molar-refractivity contribution >= 4 is 11.6 Å². The Bertz CT molecular complexity index is 351. The van der Waals surface area contributed by atoms with Crippen LogP contribution in [-0.2, 0) is 0 Å². The van der Waals surface area contributed by atoms with Gasteiger partial charge in [-0.25, -0.2) is 0 Å². The van der Waals surface area contributed by atoms with Crippen molar-refractivity contribution < 1.29 is 0 Å². The number of likely N-dealkylation sites (N-methyl/N-ethyl adjacent to an activating group) is 1. The molecule has 1 fully saturated rings. The highest BCUT2D eigenvalue weighted by molar-refractivity contribution is 6.31. The lowest BCUT2D eigenvalue weighted by molar-refractivity contribution is 0.202. The maximum atomic E-state index is 6.24. The standard InChI is InChI=1S/C12H17ClN2/c1-9-3-4-11(13)10(7-9)12-8-14-5-6-15(12)2/h3-4,7,12,14H,5-6,8H2,1-2H3. The fourth-order valence-electron chi connectivity index (χ4n) is 2.07. The third-order valence-corrected chi connectivity index (χ3v) is 3.37. The molecule has 0 saturated carbocycles. The third-order valence-electron chi connectivity index (χ3n) is 3.02. The van der Waals surface area contributed by atoms with Crippen LogP contribution in [0.5, 0.6) is 0 Å². The number of benzene rings is 1. The Morgan fingerprint density at radius 3 is 3.00 bits per heavy atom.